The number of hydrogen-bond acceptors (Lipinski definition) is 2. The van der Waals surface area contributed by atoms with Crippen molar-refractivity contribution in [3.63, 3.8) is 0 Å². The molecule has 1 amide bonds. The highest BCUT2D eigenvalue weighted by molar-refractivity contribution is 9.10. The van der Waals surface area contributed by atoms with Gasteiger partial charge in [0.15, 0.2) is 0 Å². The summed E-state index contributed by atoms with van der Waals surface area (Å²) in [5.41, 5.74) is 1.82. The van der Waals surface area contributed by atoms with Crippen molar-refractivity contribution in [2.75, 3.05) is 5.32 Å². The first kappa shape index (κ1) is 12.9. The SMILES string of the molecule is CC(=O)CCC(=O)Nc1cc(C)ccc1Br. The molecule has 16 heavy (non-hydrogen) atoms. The maximum Gasteiger partial charge on any atom is 0.224 e. The number of nitrogens with one attached hydrogen (secondary N) is 1. The van der Waals surface area contributed by atoms with E-state index in [1.54, 1.807) is 0 Å². The van der Waals surface area contributed by atoms with Crippen molar-refractivity contribution < 1.29 is 9.59 Å². The Balaban J connectivity index is 2.62. The van der Waals surface area contributed by atoms with Crippen LogP contribution >= 0.6 is 15.9 Å². The molecule has 1 aromatic rings. The Labute approximate surface area is 103 Å². The highest BCUT2D eigenvalue weighted by Gasteiger charge is 2.06. The van der Waals surface area contributed by atoms with Gasteiger partial charge in [-0.3, -0.25) is 4.79 Å². The molecule has 1 rings (SSSR count). The Kier molecular flexibility index (Phi) is 4.68. The smallest absolute Gasteiger partial charge is 0.224 e. The third kappa shape index (κ3) is 4.14. The zero-order chi connectivity index (χ0) is 12.1. The third-order valence-corrected chi connectivity index (χ3v) is 2.79. The van der Waals surface area contributed by atoms with Crippen LogP contribution in [0.15, 0.2) is 22.7 Å². The minimum absolute atomic E-state index is 0.0263. The average Bonchev–Trinajstić information content (AvgIpc) is 2.20. The van der Waals surface area contributed by atoms with Crippen LogP contribution in [0.4, 0.5) is 5.69 Å². The number of hydrogen-bond donors (Lipinski definition) is 1. The maximum absolute atomic E-state index is 11.5. The van der Waals surface area contributed by atoms with Crippen molar-refractivity contribution >= 4 is 33.3 Å². The fourth-order valence-electron chi connectivity index (χ4n) is 1.24. The second kappa shape index (κ2) is 5.80. The molecule has 0 fully saturated rings. The molecule has 0 heterocycles. The summed E-state index contributed by atoms with van der Waals surface area (Å²) in [6.07, 6.45) is 0.519. The quantitative estimate of drug-likeness (QED) is 0.923. The predicted molar refractivity (Wildman–Crippen MR) is 67.4 cm³/mol. The molecule has 0 unspecified atom stereocenters. The van der Waals surface area contributed by atoms with Crippen LogP contribution in [0, 0.1) is 6.92 Å². The minimum atomic E-state index is -0.137. The number of Topliss-reactive ketones (excluding diaryl/α,β-unsaturated/α-hetero) is 1. The zero-order valence-electron chi connectivity index (χ0n) is 9.34. The van der Waals surface area contributed by atoms with Gasteiger partial charge in [-0.05, 0) is 47.5 Å². The Hall–Kier alpha value is -1.16. The number of benzene rings is 1. The van der Waals surface area contributed by atoms with E-state index in [9.17, 15) is 9.59 Å². The second-order valence-electron chi connectivity index (χ2n) is 3.73. The normalized spacial score (nSPS) is 9.94. The minimum Gasteiger partial charge on any atom is -0.325 e. The van der Waals surface area contributed by atoms with Crippen LogP contribution < -0.4 is 5.32 Å². The number of amides is 1. The van der Waals surface area contributed by atoms with Crippen molar-refractivity contribution in [1.82, 2.24) is 0 Å². The maximum atomic E-state index is 11.5. The van der Waals surface area contributed by atoms with E-state index >= 15 is 0 Å². The van der Waals surface area contributed by atoms with Gasteiger partial charge in [0.1, 0.15) is 5.78 Å². The lowest BCUT2D eigenvalue weighted by molar-refractivity contribution is -0.121. The summed E-state index contributed by atoms with van der Waals surface area (Å²) in [6.45, 7) is 3.44. The van der Waals surface area contributed by atoms with Gasteiger partial charge in [-0.1, -0.05) is 6.07 Å². The largest absolute Gasteiger partial charge is 0.325 e. The van der Waals surface area contributed by atoms with Gasteiger partial charge in [0.25, 0.3) is 0 Å². The second-order valence-corrected chi connectivity index (χ2v) is 4.59. The van der Waals surface area contributed by atoms with Crippen LogP contribution in [0.5, 0.6) is 0 Å². The number of carbonyl (C=O) groups is 2. The molecular weight excluding hydrogens is 270 g/mol. The molecule has 0 aliphatic carbocycles. The highest BCUT2D eigenvalue weighted by Crippen LogP contribution is 2.23. The van der Waals surface area contributed by atoms with Crippen LogP contribution in [0.25, 0.3) is 0 Å². The first-order valence-electron chi connectivity index (χ1n) is 5.04. The molecule has 0 saturated carbocycles. The molecule has 0 aliphatic rings. The Morgan fingerprint density at radius 3 is 2.62 bits per heavy atom. The molecule has 0 radical (unpaired) electrons. The zero-order valence-corrected chi connectivity index (χ0v) is 10.9. The summed E-state index contributed by atoms with van der Waals surface area (Å²) in [5.74, 6) is -0.111. The van der Waals surface area contributed by atoms with Gasteiger partial charge < -0.3 is 10.1 Å². The topological polar surface area (TPSA) is 46.2 Å². The molecule has 0 bridgehead atoms. The molecule has 0 aromatic heterocycles. The summed E-state index contributed by atoms with van der Waals surface area (Å²) in [6, 6.07) is 5.72. The highest BCUT2D eigenvalue weighted by atomic mass is 79.9. The number of carbonyl (C=O) groups excluding carboxylic acids is 2. The van der Waals surface area contributed by atoms with Crippen LogP contribution in [-0.4, -0.2) is 11.7 Å². The van der Waals surface area contributed by atoms with E-state index in [2.05, 4.69) is 21.2 Å². The van der Waals surface area contributed by atoms with Gasteiger partial charge in [-0.15, -0.1) is 0 Å². The van der Waals surface area contributed by atoms with Gasteiger partial charge >= 0.3 is 0 Å². The van der Waals surface area contributed by atoms with Crippen LogP contribution in [0.1, 0.15) is 25.3 Å². The Morgan fingerprint density at radius 2 is 2.00 bits per heavy atom. The fraction of sp³-hybridized carbons (Fsp3) is 0.333. The number of anilines is 1. The lowest BCUT2D eigenvalue weighted by Crippen LogP contribution is -2.13. The van der Waals surface area contributed by atoms with E-state index in [1.165, 1.54) is 6.92 Å². The monoisotopic (exact) mass is 283 g/mol. The Bertz CT molecular complexity index is 415. The van der Waals surface area contributed by atoms with Crippen molar-refractivity contribution in [2.24, 2.45) is 0 Å². The van der Waals surface area contributed by atoms with Gasteiger partial charge in [0.2, 0.25) is 5.91 Å². The van der Waals surface area contributed by atoms with E-state index < -0.39 is 0 Å². The van der Waals surface area contributed by atoms with Gasteiger partial charge in [0.05, 0.1) is 5.69 Å². The molecular formula is C12H14BrNO2. The summed E-state index contributed by atoms with van der Waals surface area (Å²) in [4.78, 5) is 22.2. The van der Waals surface area contributed by atoms with Crippen molar-refractivity contribution in [1.29, 1.82) is 0 Å². The number of aryl methyl sites for hydroxylation is 1. The summed E-state index contributed by atoms with van der Waals surface area (Å²) in [7, 11) is 0. The van der Waals surface area contributed by atoms with E-state index in [-0.39, 0.29) is 24.5 Å². The molecule has 86 valence electrons. The molecule has 0 atom stereocenters. The van der Waals surface area contributed by atoms with E-state index in [1.807, 2.05) is 25.1 Å². The number of rotatable bonds is 4. The molecule has 1 N–H and O–H groups in total. The lowest BCUT2D eigenvalue weighted by atomic mass is 10.2. The van der Waals surface area contributed by atoms with Crippen LogP contribution in [0.3, 0.4) is 0 Å². The van der Waals surface area contributed by atoms with E-state index in [0.717, 1.165) is 15.7 Å². The summed E-state index contributed by atoms with van der Waals surface area (Å²) in [5, 5.41) is 2.77. The van der Waals surface area contributed by atoms with Crippen molar-refractivity contribution in [3.8, 4) is 0 Å². The molecule has 1 aromatic carbocycles. The van der Waals surface area contributed by atoms with Gasteiger partial charge in [-0.2, -0.15) is 0 Å². The van der Waals surface area contributed by atoms with Crippen molar-refractivity contribution in [3.05, 3.63) is 28.2 Å². The van der Waals surface area contributed by atoms with Crippen LogP contribution in [0.2, 0.25) is 0 Å². The number of ketones is 1. The summed E-state index contributed by atoms with van der Waals surface area (Å²) >= 11 is 3.36. The summed E-state index contributed by atoms with van der Waals surface area (Å²) < 4.78 is 0.842. The van der Waals surface area contributed by atoms with Crippen molar-refractivity contribution in [2.45, 2.75) is 26.7 Å². The molecule has 0 saturated heterocycles. The number of halogens is 1. The fourth-order valence-corrected chi connectivity index (χ4v) is 1.58. The molecule has 0 spiro atoms. The first-order chi connectivity index (χ1) is 7.49. The average molecular weight is 284 g/mol. The predicted octanol–water partition coefficient (Wildman–Crippen LogP) is 3.07. The first-order valence-corrected chi connectivity index (χ1v) is 5.84. The Morgan fingerprint density at radius 1 is 1.31 bits per heavy atom. The van der Waals surface area contributed by atoms with E-state index in [0.29, 0.717) is 0 Å². The van der Waals surface area contributed by atoms with E-state index in [4.69, 9.17) is 0 Å². The van der Waals surface area contributed by atoms with Crippen LogP contribution in [-0.2, 0) is 9.59 Å². The standard InChI is InChI=1S/C12H14BrNO2/c1-8-3-5-10(13)11(7-8)14-12(16)6-4-9(2)15/h3,5,7H,4,6H2,1-2H3,(H,14,16). The molecule has 3 nitrogen and oxygen atoms in total. The van der Waals surface area contributed by atoms with Gasteiger partial charge in [0, 0.05) is 17.3 Å². The third-order valence-electron chi connectivity index (χ3n) is 2.10. The van der Waals surface area contributed by atoms with Gasteiger partial charge in [-0.25, -0.2) is 0 Å². The molecule has 0 aliphatic heterocycles. The molecule has 4 heteroatoms. The lowest BCUT2D eigenvalue weighted by Gasteiger charge is -2.07.